The quantitative estimate of drug-likeness (QED) is 0.668. The number of nitrogens with zero attached hydrogens (tertiary/aromatic N) is 1. The maximum absolute atomic E-state index is 11.7. The van der Waals surface area contributed by atoms with Crippen LogP contribution in [0.2, 0.25) is 5.02 Å². The molecule has 5 nitrogen and oxygen atoms in total. The van der Waals surface area contributed by atoms with Crippen molar-refractivity contribution in [2.75, 3.05) is 19.6 Å². The van der Waals surface area contributed by atoms with Crippen LogP contribution in [0.4, 0.5) is 0 Å². The van der Waals surface area contributed by atoms with Crippen LogP contribution in [0.15, 0.2) is 24.4 Å². The SMILES string of the molecule is COc1cccc(-c2cn(N)c(C(=O)CO)c2C)c1Cl. The van der Waals surface area contributed by atoms with Gasteiger partial charge in [0, 0.05) is 17.3 Å². The van der Waals surface area contributed by atoms with Crippen LogP contribution >= 0.6 is 11.6 Å². The van der Waals surface area contributed by atoms with Gasteiger partial charge in [0.2, 0.25) is 5.78 Å². The second kappa shape index (κ2) is 5.56. The van der Waals surface area contributed by atoms with E-state index in [4.69, 9.17) is 27.3 Å². The Labute approximate surface area is 121 Å². The number of ketones is 1. The van der Waals surface area contributed by atoms with E-state index in [1.807, 2.05) is 6.07 Å². The molecule has 106 valence electrons. The van der Waals surface area contributed by atoms with Crippen LogP contribution in [0, 0.1) is 6.92 Å². The van der Waals surface area contributed by atoms with Gasteiger partial charge in [-0.2, -0.15) is 0 Å². The Kier molecular flexibility index (Phi) is 4.01. The van der Waals surface area contributed by atoms with E-state index < -0.39 is 12.4 Å². The molecule has 0 radical (unpaired) electrons. The minimum absolute atomic E-state index is 0.265. The number of hydrogen-bond acceptors (Lipinski definition) is 4. The molecule has 3 N–H and O–H groups in total. The number of Topliss-reactive ketones (excluding diaryl/α,β-unsaturated/α-hetero) is 1. The topological polar surface area (TPSA) is 77.5 Å². The van der Waals surface area contributed by atoms with Crippen molar-refractivity contribution in [3.63, 3.8) is 0 Å². The number of carbonyl (C=O) groups is 1. The zero-order chi connectivity index (χ0) is 14.9. The maximum atomic E-state index is 11.7. The molecule has 0 fully saturated rings. The summed E-state index contributed by atoms with van der Waals surface area (Å²) in [7, 11) is 1.53. The summed E-state index contributed by atoms with van der Waals surface area (Å²) in [6.45, 7) is 1.17. The highest BCUT2D eigenvalue weighted by molar-refractivity contribution is 6.34. The van der Waals surface area contributed by atoms with E-state index in [1.54, 1.807) is 25.3 Å². The average Bonchev–Trinajstić information content (AvgIpc) is 2.73. The number of ether oxygens (including phenoxy) is 1. The summed E-state index contributed by atoms with van der Waals surface area (Å²) in [6.07, 6.45) is 1.61. The highest BCUT2D eigenvalue weighted by Crippen LogP contribution is 2.37. The Balaban J connectivity index is 2.63. The molecule has 20 heavy (non-hydrogen) atoms. The van der Waals surface area contributed by atoms with Gasteiger partial charge in [0.1, 0.15) is 18.1 Å². The second-order valence-electron chi connectivity index (χ2n) is 4.33. The Morgan fingerprint density at radius 1 is 1.45 bits per heavy atom. The molecule has 2 aromatic rings. The van der Waals surface area contributed by atoms with E-state index in [0.29, 0.717) is 16.3 Å². The zero-order valence-corrected chi connectivity index (χ0v) is 11.9. The van der Waals surface area contributed by atoms with Crippen LogP contribution in [0.25, 0.3) is 11.1 Å². The molecule has 0 bridgehead atoms. The summed E-state index contributed by atoms with van der Waals surface area (Å²) in [4.78, 5) is 11.7. The summed E-state index contributed by atoms with van der Waals surface area (Å²) >= 11 is 6.28. The third kappa shape index (κ3) is 2.26. The summed E-state index contributed by atoms with van der Waals surface area (Å²) in [5, 5.41) is 9.44. The molecule has 0 aliphatic carbocycles. The van der Waals surface area contributed by atoms with Gasteiger partial charge >= 0.3 is 0 Å². The van der Waals surface area contributed by atoms with E-state index in [9.17, 15) is 4.79 Å². The van der Waals surface area contributed by atoms with Gasteiger partial charge in [-0.25, -0.2) is 0 Å². The molecule has 0 atom stereocenters. The van der Waals surface area contributed by atoms with Crippen molar-refractivity contribution in [1.29, 1.82) is 0 Å². The lowest BCUT2D eigenvalue weighted by Gasteiger charge is -2.08. The largest absolute Gasteiger partial charge is 0.495 e. The fourth-order valence-corrected chi connectivity index (χ4v) is 2.50. The Bertz CT molecular complexity index is 665. The van der Waals surface area contributed by atoms with Crippen molar-refractivity contribution in [3.8, 4) is 16.9 Å². The summed E-state index contributed by atoms with van der Waals surface area (Å²) < 4.78 is 6.38. The molecule has 0 aliphatic rings. The van der Waals surface area contributed by atoms with Gasteiger partial charge in [-0.15, -0.1) is 0 Å². The number of halogens is 1. The smallest absolute Gasteiger partial charge is 0.206 e. The van der Waals surface area contributed by atoms with Gasteiger partial charge < -0.3 is 15.7 Å². The molecular weight excluding hydrogens is 280 g/mol. The fraction of sp³-hybridized carbons (Fsp3) is 0.214. The minimum Gasteiger partial charge on any atom is -0.495 e. The number of hydrogen-bond donors (Lipinski definition) is 2. The highest BCUT2D eigenvalue weighted by atomic mass is 35.5. The standard InChI is InChI=1S/C14H15ClN2O3/c1-8-10(6-17(16)14(8)11(19)7-18)9-4-3-5-12(20-2)13(9)15/h3-6,18H,7,16H2,1-2H3. The van der Waals surface area contributed by atoms with Gasteiger partial charge in [-0.1, -0.05) is 23.7 Å². The van der Waals surface area contributed by atoms with Gasteiger partial charge in [-0.3, -0.25) is 9.47 Å². The molecule has 1 aromatic heterocycles. The molecule has 0 aliphatic heterocycles. The first kappa shape index (κ1) is 14.4. The summed E-state index contributed by atoms with van der Waals surface area (Å²) in [5.41, 5.74) is 2.39. The van der Waals surface area contributed by atoms with Gasteiger partial charge in [-0.05, 0) is 18.6 Å². The molecular formula is C14H15ClN2O3. The van der Waals surface area contributed by atoms with E-state index in [0.717, 1.165) is 11.1 Å². The van der Waals surface area contributed by atoms with E-state index >= 15 is 0 Å². The Morgan fingerprint density at radius 3 is 2.75 bits per heavy atom. The van der Waals surface area contributed by atoms with Crippen LogP contribution in [-0.4, -0.2) is 29.3 Å². The zero-order valence-electron chi connectivity index (χ0n) is 11.2. The molecule has 0 unspecified atom stereocenters. The number of aliphatic hydroxyl groups excluding tert-OH is 1. The predicted molar refractivity (Wildman–Crippen MR) is 77.7 cm³/mol. The van der Waals surface area contributed by atoms with Crippen LogP contribution in [-0.2, 0) is 0 Å². The maximum Gasteiger partial charge on any atom is 0.206 e. The predicted octanol–water partition coefficient (Wildman–Crippen LogP) is 2.01. The lowest BCUT2D eigenvalue weighted by atomic mass is 10.0. The first-order valence-electron chi connectivity index (χ1n) is 5.95. The highest BCUT2D eigenvalue weighted by Gasteiger charge is 2.20. The number of rotatable bonds is 4. The average molecular weight is 295 g/mol. The third-order valence-corrected chi connectivity index (χ3v) is 3.56. The molecule has 0 saturated carbocycles. The summed E-state index contributed by atoms with van der Waals surface area (Å²) in [6, 6.07) is 5.38. The van der Waals surface area contributed by atoms with Crippen molar-refractivity contribution in [2.24, 2.45) is 0 Å². The lowest BCUT2D eigenvalue weighted by molar-refractivity contribution is 0.0895. The third-order valence-electron chi connectivity index (χ3n) is 3.17. The van der Waals surface area contributed by atoms with Crippen LogP contribution in [0.3, 0.4) is 0 Å². The van der Waals surface area contributed by atoms with Crippen molar-refractivity contribution < 1.29 is 14.6 Å². The Morgan fingerprint density at radius 2 is 2.15 bits per heavy atom. The molecule has 0 saturated heterocycles. The second-order valence-corrected chi connectivity index (χ2v) is 4.70. The first-order valence-corrected chi connectivity index (χ1v) is 6.33. The van der Waals surface area contributed by atoms with E-state index in [2.05, 4.69) is 0 Å². The van der Waals surface area contributed by atoms with Gasteiger partial charge in [0.25, 0.3) is 0 Å². The molecule has 2 rings (SSSR count). The van der Waals surface area contributed by atoms with Crippen LogP contribution < -0.4 is 10.6 Å². The number of methoxy groups -OCH3 is 1. The normalized spacial score (nSPS) is 10.6. The van der Waals surface area contributed by atoms with E-state index in [-0.39, 0.29) is 5.69 Å². The number of nitrogens with two attached hydrogens (primary N) is 1. The fourth-order valence-electron chi connectivity index (χ4n) is 2.20. The molecule has 0 amide bonds. The first-order chi connectivity index (χ1) is 9.51. The van der Waals surface area contributed by atoms with Crippen LogP contribution in [0.5, 0.6) is 5.75 Å². The molecule has 6 heteroatoms. The number of nitrogen functional groups attached to an aromatic ring is 1. The van der Waals surface area contributed by atoms with Crippen LogP contribution in [0.1, 0.15) is 16.1 Å². The van der Waals surface area contributed by atoms with Gasteiger partial charge in [0.15, 0.2) is 0 Å². The van der Waals surface area contributed by atoms with Crippen molar-refractivity contribution in [3.05, 3.63) is 40.7 Å². The van der Waals surface area contributed by atoms with Crippen molar-refractivity contribution in [1.82, 2.24) is 4.68 Å². The number of carbonyl (C=O) groups excluding carboxylic acids is 1. The summed E-state index contributed by atoms with van der Waals surface area (Å²) in [5.74, 6) is 5.90. The number of aliphatic hydroxyl groups is 1. The lowest BCUT2D eigenvalue weighted by Crippen LogP contribution is -2.18. The number of benzene rings is 1. The molecule has 1 aromatic carbocycles. The van der Waals surface area contributed by atoms with Crippen molar-refractivity contribution in [2.45, 2.75) is 6.92 Å². The minimum atomic E-state index is -0.590. The number of aromatic nitrogens is 1. The molecule has 1 heterocycles. The van der Waals surface area contributed by atoms with Crippen molar-refractivity contribution >= 4 is 17.4 Å². The van der Waals surface area contributed by atoms with E-state index in [1.165, 1.54) is 11.8 Å². The van der Waals surface area contributed by atoms with Gasteiger partial charge in [0.05, 0.1) is 12.1 Å². The monoisotopic (exact) mass is 294 g/mol. The Hall–Kier alpha value is -1.98. The molecule has 0 spiro atoms.